The summed E-state index contributed by atoms with van der Waals surface area (Å²) in [4.78, 5) is 45.1. The third-order valence-electron chi connectivity index (χ3n) is 6.69. The summed E-state index contributed by atoms with van der Waals surface area (Å²) in [6.45, 7) is 3.72. The van der Waals surface area contributed by atoms with Crippen molar-refractivity contribution in [3.8, 4) is 6.07 Å². The molecule has 0 spiro atoms. The Morgan fingerprint density at radius 1 is 1.14 bits per heavy atom. The molecule has 4 rings (SSSR count). The van der Waals surface area contributed by atoms with Crippen LogP contribution in [0.25, 0.3) is 0 Å². The van der Waals surface area contributed by atoms with Crippen LogP contribution in [0.1, 0.15) is 49.4 Å². The van der Waals surface area contributed by atoms with E-state index in [0.717, 1.165) is 12.8 Å². The van der Waals surface area contributed by atoms with Crippen LogP contribution in [0.15, 0.2) is 59.8 Å². The van der Waals surface area contributed by atoms with Gasteiger partial charge in [0, 0.05) is 18.8 Å². The van der Waals surface area contributed by atoms with Gasteiger partial charge in [-0.2, -0.15) is 5.26 Å². The zero-order valence-corrected chi connectivity index (χ0v) is 20.9. The number of esters is 1. The summed E-state index contributed by atoms with van der Waals surface area (Å²) in [6.07, 6.45) is 1.79. The first kappa shape index (κ1) is 25.9. The first-order chi connectivity index (χ1) is 17.9. The fourth-order valence-electron chi connectivity index (χ4n) is 4.87. The molecule has 9 heteroatoms. The minimum Gasteiger partial charge on any atom is -0.463 e. The lowest BCUT2D eigenvalue weighted by Gasteiger charge is -2.43. The topological polar surface area (TPSA) is 93.9 Å². The van der Waals surface area contributed by atoms with Gasteiger partial charge >= 0.3 is 12.0 Å². The van der Waals surface area contributed by atoms with Crippen LogP contribution in [0.3, 0.4) is 0 Å². The van der Waals surface area contributed by atoms with Crippen LogP contribution in [0, 0.1) is 11.3 Å². The SMILES string of the molecule is CCOC(=O)C1=C(C)N(c2cccc(CF)c2)C(=O)N(CC(=O)N2CCCC2)[C@@H]1c1ccc(C#N)cc1. The van der Waals surface area contributed by atoms with Crippen LogP contribution in [0.5, 0.6) is 0 Å². The molecule has 0 bridgehead atoms. The molecule has 0 aromatic heterocycles. The lowest BCUT2D eigenvalue weighted by molar-refractivity contribution is -0.140. The Bertz CT molecular complexity index is 1260. The Morgan fingerprint density at radius 3 is 2.46 bits per heavy atom. The molecule has 0 radical (unpaired) electrons. The van der Waals surface area contributed by atoms with Gasteiger partial charge in [-0.15, -0.1) is 0 Å². The number of amides is 3. The fourth-order valence-corrected chi connectivity index (χ4v) is 4.87. The van der Waals surface area contributed by atoms with Crippen LogP contribution in [-0.2, 0) is 21.0 Å². The third kappa shape index (κ3) is 5.19. The van der Waals surface area contributed by atoms with Gasteiger partial charge in [-0.05, 0) is 62.1 Å². The average Bonchev–Trinajstić information content (AvgIpc) is 3.46. The number of hydrogen-bond donors (Lipinski definition) is 0. The zero-order valence-electron chi connectivity index (χ0n) is 20.9. The van der Waals surface area contributed by atoms with E-state index in [-0.39, 0.29) is 24.6 Å². The summed E-state index contributed by atoms with van der Waals surface area (Å²) < 4.78 is 18.9. The van der Waals surface area contributed by atoms with E-state index in [1.807, 2.05) is 0 Å². The highest BCUT2D eigenvalue weighted by Crippen LogP contribution is 2.40. The number of urea groups is 1. The molecule has 0 saturated carbocycles. The van der Waals surface area contributed by atoms with Crippen LogP contribution < -0.4 is 4.90 Å². The lowest BCUT2D eigenvalue weighted by atomic mass is 9.92. The average molecular weight is 505 g/mol. The first-order valence-electron chi connectivity index (χ1n) is 12.3. The van der Waals surface area contributed by atoms with Crippen molar-refractivity contribution in [1.29, 1.82) is 5.26 Å². The number of ether oxygens (including phenoxy) is 1. The summed E-state index contributed by atoms with van der Waals surface area (Å²) in [6, 6.07) is 13.7. The molecule has 0 N–H and O–H groups in total. The van der Waals surface area contributed by atoms with Gasteiger partial charge in [0.25, 0.3) is 0 Å². The van der Waals surface area contributed by atoms with E-state index < -0.39 is 24.7 Å². The van der Waals surface area contributed by atoms with Gasteiger partial charge in [0.15, 0.2) is 0 Å². The van der Waals surface area contributed by atoms with Crippen molar-refractivity contribution in [1.82, 2.24) is 9.80 Å². The molecule has 1 atom stereocenters. The maximum Gasteiger partial charge on any atom is 0.338 e. The summed E-state index contributed by atoms with van der Waals surface area (Å²) in [5.74, 6) is -0.836. The fraction of sp³-hybridized carbons (Fsp3) is 0.357. The number of hydrogen-bond acceptors (Lipinski definition) is 5. The van der Waals surface area contributed by atoms with Crippen molar-refractivity contribution in [3.05, 3.63) is 76.5 Å². The molecule has 8 nitrogen and oxygen atoms in total. The standard InChI is InChI=1S/C28H29FN4O4/c1-3-37-27(35)25-19(2)33(23-8-6-7-21(15-23)16-29)28(36)32(18-24(34)31-13-4-5-14-31)26(25)22-11-9-20(17-30)10-12-22/h6-12,15,26H,3-5,13-14,16,18H2,1-2H3/t26-/m1/s1. The summed E-state index contributed by atoms with van der Waals surface area (Å²) in [7, 11) is 0. The lowest BCUT2D eigenvalue weighted by Crippen LogP contribution is -2.54. The van der Waals surface area contributed by atoms with Crippen molar-refractivity contribution >= 4 is 23.6 Å². The van der Waals surface area contributed by atoms with Crippen molar-refractivity contribution in [2.24, 2.45) is 0 Å². The van der Waals surface area contributed by atoms with Gasteiger partial charge in [-0.25, -0.2) is 14.0 Å². The van der Waals surface area contributed by atoms with Gasteiger partial charge in [-0.1, -0.05) is 24.3 Å². The second-order valence-electron chi connectivity index (χ2n) is 8.99. The number of halogens is 1. The Morgan fingerprint density at radius 2 is 1.84 bits per heavy atom. The number of carbonyl (C=O) groups is 3. The van der Waals surface area contributed by atoms with Gasteiger partial charge in [0.05, 0.1) is 35.5 Å². The molecular formula is C28H29FN4O4. The Balaban J connectivity index is 1.89. The summed E-state index contributed by atoms with van der Waals surface area (Å²) in [5.41, 5.74) is 2.29. The number of allylic oxidation sites excluding steroid dienone is 1. The Labute approximate surface area is 215 Å². The highest BCUT2D eigenvalue weighted by atomic mass is 19.1. The highest BCUT2D eigenvalue weighted by Gasteiger charge is 2.44. The molecular weight excluding hydrogens is 475 g/mol. The van der Waals surface area contributed by atoms with E-state index in [0.29, 0.717) is 41.2 Å². The van der Waals surface area contributed by atoms with E-state index in [2.05, 4.69) is 6.07 Å². The smallest absolute Gasteiger partial charge is 0.338 e. The Hall–Kier alpha value is -4.19. The van der Waals surface area contributed by atoms with E-state index in [4.69, 9.17) is 4.74 Å². The molecule has 37 heavy (non-hydrogen) atoms. The number of alkyl halides is 1. The minimum atomic E-state index is -0.911. The number of rotatable bonds is 7. The normalized spacial score (nSPS) is 17.7. The molecule has 1 fully saturated rings. The van der Waals surface area contributed by atoms with Gasteiger partial charge in [-0.3, -0.25) is 9.69 Å². The molecule has 2 heterocycles. The molecule has 2 aliphatic rings. The number of nitrogens with zero attached hydrogens (tertiary/aromatic N) is 4. The maximum absolute atomic E-state index is 14.1. The number of nitriles is 1. The molecule has 1 saturated heterocycles. The number of benzene rings is 2. The van der Waals surface area contributed by atoms with Crippen LogP contribution in [0.2, 0.25) is 0 Å². The van der Waals surface area contributed by atoms with Crippen LogP contribution >= 0.6 is 0 Å². The Kier molecular flexibility index (Phi) is 7.87. The van der Waals surface area contributed by atoms with E-state index >= 15 is 0 Å². The van der Waals surface area contributed by atoms with Crippen molar-refractivity contribution in [3.63, 3.8) is 0 Å². The van der Waals surface area contributed by atoms with E-state index in [1.165, 1.54) is 9.80 Å². The molecule has 2 aromatic carbocycles. The van der Waals surface area contributed by atoms with Crippen LogP contribution in [0.4, 0.5) is 14.9 Å². The maximum atomic E-state index is 14.1. The van der Waals surface area contributed by atoms with E-state index in [9.17, 15) is 24.0 Å². The largest absolute Gasteiger partial charge is 0.463 e. The third-order valence-corrected chi connectivity index (χ3v) is 6.69. The predicted molar refractivity (Wildman–Crippen MR) is 135 cm³/mol. The molecule has 3 amide bonds. The number of likely N-dealkylation sites (tertiary alicyclic amines) is 1. The highest BCUT2D eigenvalue weighted by molar-refractivity contribution is 6.04. The van der Waals surface area contributed by atoms with Gasteiger partial charge in [0.1, 0.15) is 13.2 Å². The first-order valence-corrected chi connectivity index (χ1v) is 12.3. The van der Waals surface area contributed by atoms with E-state index in [1.54, 1.807) is 67.3 Å². The van der Waals surface area contributed by atoms with Crippen molar-refractivity contribution < 1.29 is 23.5 Å². The van der Waals surface area contributed by atoms with Gasteiger partial charge in [0.2, 0.25) is 5.91 Å². The van der Waals surface area contributed by atoms with Crippen molar-refractivity contribution in [2.75, 3.05) is 31.1 Å². The minimum absolute atomic E-state index is 0.119. The number of anilines is 1. The molecule has 2 aliphatic heterocycles. The molecule has 2 aromatic rings. The number of carbonyl (C=O) groups excluding carboxylic acids is 3. The van der Waals surface area contributed by atoms with Crippen molar-refractivity contribution in [2.45, 2.75) is 39.4 Å². The quantitative estimate of drug-likeness (QED) is 0.519. The summed E-state index contributed by atoms with van der Waals surface area (Å²) >= 11 is 0. The second kappa shape index (κ2) is 11.2. The van der Waals surface area contributed by atoms with Crippen LogP contribution in [-0.4, -0.2) is 53.9 Å². The predicted octanol–water partition coefficient (Wildman–Crippen LogP) is 4.47. The molecule has 0 aliphatic carbocycles. The summed E-state index contributed by atoms with van der Waals surface area (Å²) in [5, 5.41) is 9.25. The monoisotopic (exact) mass is 504 g/mol. The molecule has 192 valence electrons. The van der Waals surface area contributed by atoms with Gasteiger partial charge < -0.3 is 14.5 Å². The second-order valence-corrected chi connectivity index (χ2v) is 8.99. The molecule has 0 unspecified atom stereocenters. The zero-order chi connectivity index (χ0) is 26.5.